The SMILES string of the molecule is CC#CC(Cc1nnn[nH]1)c1ccc(OCc2cnc3scc(-c4ccc(OC)cc4C)c3c2)cc1. The molecule has 0 saturated heterocycles. The Kier molecular flexibility index (Phi) is 6.92. The minimum Gasteiger partial charge on any atom is -0.497 e. The van der Waals surface area contributed by atoms with E-state index in [-0.39, 0.29) is 5.92 Å². The summed E-state index contributed by atoms with van der Waals surface area (Å²) in [6.07, 6.45) is 2.51. The van der Waals surface area contributed by atoms with Crippen LogP contribution in [0.15, 0.2) is 60.1 Å². The standard InChI is InChI=1S/C28H25N5O2S/c1-4-5-21(14-27-30-32-33-31-27)20-6-8-22(9-7-20)35-16-19-13-25-26(17-36-28(25)29-15-19)24-11-10-23(34-3)12-18(24)2/h6-13,15,17,21H,14,16H2,1-3H3,(H,30,31,32,33). The number of nitrogens with one attached hydrogen (secondary N) is 1. The number of aromatic amines is 1. The number of ether oxygens (including phenoxy) is 2. The van der Waals surface area contributed by atoms with E-state index in [9.17, 15) is 0 Å². The van der Waals surface area contributed by atoms with Crippen molar-refractivity contribution in [3.05, 3.63) is 82.6 Å². The minimum atomic E-state index is 0.00355. The molecule has 7 nitrogen and oxygen atoms in total. The summed E-state index contributed by atoms with van der Waals surface area (Å²) < 4.78 is 11.5. The lowest BCUT2D eigenvalue weighted by Crippen LogP contribution is -2.03. The van der Waals surface area contributed by atoms with E-state index >= 15 is 0 Å². The highest BCUT2D eigenvalue weighted by Gasteiger charge is 2.14. The quantitative estimate of drug-likeness (QED) is 0.277. The first-order chi connectivity index (χ1) is 17.6. The van der Waals surface area contributed by atoms with Crippen molar-refractivity contribution in [1.82, 2.24) is 25.6 Å². The van der Waals surface area contributed by atoms with Gasteiger partial charge in [-0.25, -0.2) is 10.1 Å². The third-order valence-electron chi connectivity index (χ3n) is 6.00. The molecule has 2 aromatic carbocycles. The summed E-state index contributed by atoms with van der Waals surface area (Å²) in [4.78, 5) is 5.69. The summed E-state index contributed by atoms with van der Waals surface area (Å²) in [7, 11) is 1.69. The highest BCUT2D eigenvalue weighted by molar-refractivity contribution is 7.17. The molecule has 1 unspecified atom stereocenters. The maximum Gasteiger partial charge on any atom is 0.150 e. The van der Waals surface area contributed by atoms with Gasteiger partial charge in [0, 0.05) is 34.5 Å². The molecule has 5 aromatic rings. The third-order valence-corrected chi connectivity index (χ3v) is 6.91. The van der Waals surface area contributed by atoms with Crippen molar-refractivity contribution in [2.75, 3.05) is 7.11 Å². The number of hydrogen-bond acceptors (Lipinski definition) is 7. The number of aryl methyl sites for hydroxylation is 1. The number of pyridine rings is 1. The zero-order valence-electron chi connectivity index (χ0n) is 20.3. The molecule has 1 atom stereocenters. The van der Waals surface area contributed by atoms with Crippen LogP contribution >= 0.6 is 11.3 Å². The molecule has 0 aliphatic carbocycles. The number of hydrogen-bond donors (Lipinski definition) is 1. The van der Waals surface area contributed by atoms with Crippen LogP contribution in [0.2, 0.25) is 0 Å². The van der Waals surface area contributed by atoms with Gasteiger partial charge in [0.05, 0.1) is 13.0 Å². The molecular formula is C28H25N5O2S. The van der Waals surface area contributed by atoms with E-state index in [2.05, 4.69) is 68.0 Å². The molecular weight excluding hydrogens is 470 g/mol. The van der Waals surface area contributed by atoms with Crippen molar-refractivity contribution >= 4 is 21.6 Å². The molecule has 0 amide bonds. The van der Waals surface area contributed by atoms with E-state index in [4.69, 9.17) is 9.47 Å². The number of fused-ring (bicyclic) bond motifs is 1. The molecule has 5 rings (SSSR count). The van der Waals surface area contributed by atoms with Crippen molar-refractivity contribution in [2.24, 2.45) is 0 Å². The van der Waals surface area contributed by atoms with Crippen LogP contribution in [-0.2, 0) is 13.0 Å². The highest BCUT2D eigenvalue weighted by atomic mass is 32.1. The second-order valence-electron chi connectivity index (χ2n) is 8.38. The van der Waals surface area contributed by atoms with Gasteiger partial charge >= 0.3 is 0 Å². The highest BCUT2D eigenvalue weighted by Crippen LogP contribution is 2.36. The molecule has 0 radical (unpaired) electrons. The van der Waals surface area contributed by atoms with Gasteiger partial charge in [-0.15, -0.1) is 22.4 Å². The number of methoxy groups -OCH3 is 1. The summed E-state index contributed by atoms with van der Waals surface area (Å²) in [6, 6.07) is 16.4. The third kappa shape index (κ3) is 5.07. The smallest absolute Gasteiger partial charge is 0.150 e. The van der Waals surface area contributed by atoms with E-state index in [1.165, 1.54) is 16.7 Å². The monoisotopic (exact) mass is 495 g/mol. The van der Waals surface area contributed by atoms with Crippen LogP contribution in [0.3, 0.4) is 0 Å². The van der Waals surface area contributed by atoms with Gasteiger partial charge in [0.25, 0.3) is 0 Å². The predicted molar refractivity (Wildman–Crippen MR) is 141 cm³/mol. The van der Waals surface area contributed by atoms with Crippen LogP contribution in [-0.4, -0.2) is 32.7 Å². The fourth-order valence-electron chi connectivity index (χ4n) is 4.16. The molecule has 0 aliphatic rings. The van der Waals surface area contributed by atoms with Gasteiger partial charge in [-0.3, -0.25) is 0 Å². The van der Waals surface area contributed by atoms with Gasteiger partial charge in [-0.1, -0.05) is 24.1 Å². The molecule has 3 heterocycles. The number of benzene rings is 2. The summed E-state index contributed by atoms with van der Waals surface area (Å²) in [5.41, 5.74) is 5.64. The number of aromatic nitrogens is 5. The number of H-pyrrole nitrogens is 1. The normalized spacial score (nSPS) is 11.6. The molecule has 180 valence electrons. The van der Waals surface area contributed by atoms with Crippen LogP contribution in [0.25, 0.3) is 21.3 Å². The fraction of sp³-hybridized carbons (Fsp3) is 0.214. The Morgan fingerprint density at radius 3 is 2.61 bits per heavy atom. The Morgan fingerprint density at radius 1 is 1.06 bits per heavy atom. The van der Waals surface area contributed by atoms with Gasteiger partial charge < -0.3 is 9.47 Å². The molecule has 0 fully saturated rings. The second-order valence-corrected chi connectivity index (χ2v) is 9.24. The van der Waals surface area contributed by atoms with E-state index in [1.807, 2.05) is 43.5 Å². The molecule has 36 heavy (non-hydrogen) atoms. The van der Waals surface area contributed by atoms with Crippen LogP contribution in [0.4, 0.5) is 0 Å². The van der Waals surface area contributed by atoms with Crippen molar-refractivity contribution < 1.29 is 9.47 Å². The summed E-state index contributed by atoms with van der Waals surface area (Å²) in [5.74, 6) is 8.60. The first kappa shape index (κ1) is 23.5. The number of rotatable bonds is 8. The summed E-state index contributed by atoms with van der Waals surface area (Å²) >= 11 is 1.65. The lowest BCUT2D eigenvalue weighted by atomic mass is 9.96. The largest absolute Gasteiger partial charge is 0.497 e. The topological polar surface area (TPSA) is 85.8 Å². The Morgan fingerprint density at radius 2 is 1.89 bits per heavy atom. The molecule has 0 aliphatic heterocycles. The lowest BCUT2D eigenvalue weighted by molar-refractivity contribution is 0.306. The van der Waals surface area contributed by atoms with Crippen LogP contribution in [0.5, 0.6) is 11.5 Å². The molecule has 1 N–H and O–H groups in total. The first-order valence-electron chi connectivity index (χ1n) is 11.5. The molecule has 0 bridgehead atoms. The van der Waals surface area contributed by atoms with Crippen molar-refractivity contribution in [2.45, 2.75) is 32.8 Å². The first-order valence-corrected chi connectivity index (χ1v) is 12.4. The zero-order chi connectivity index (χ0) is 24.9. The minimum absolute atomic E-state index is 0.00355. The van der Waals surface area contributed by atoms with Gasteiger partial charge in [-0.2, -0.15) is 0 Å². The number of thiophene rings is 1. The van der Waals surface area contributed by atoms with Crippen molar-refractivity contribution in [3.63, 3.8) is 0 Å². The average molecular weight is 496 g/mol. The molecule has 0 saturated carbocycles. The van der Waals surface area contributed by atoms with E-state index in [0.717, 1.165) is 32.8 Å². The fourth-order valence-corrected chi connectivity index (χ4v) is 5.05. The maximum atomic E-state index is 6.09. The average Bonchev–Trinajstić information content (AvgIpc) is 3.57. The maximum absolute atomic E-state index is 6.09. The molecule has 3 aromatic heterocycles. The molecule has 8 heteroatoms. The Labute approximate surface area is 213 Å². The van der Waals surface area contributed by atoms with Crippen molar-refractivity contribution in [3.8, 4) is 34.5 Å². The van der Waals surface area contributed by atoms with E-state index < -0.39 is 0 Å². The molecule has 0 spiro atoms. The van der Waals surface area contributed by atoms with Crippen LogP contribution in [0.1, 0.15) is 35.4 Å². The Bertz CT molecular complexity index is 1530. The van der Waals surface area contributed by atoms with Gasteiger partial charge in [-0.05, 0) is 71.3 Å². The Balaban J connectivity index is 1.31. The van der Waals surface area contributed by atoms with Crippen LogP contribution in [0, 0.1) is 18.8 Å². The van der Waals surface area contributed by atoms with Crippen molar-refractivity contribution in [1.29, 1.82) is 0 Å². The second kappa shape index (κ2) is 10.6. The predicted octanol–water partition coefficient (Wildman–Crippen LogP) is 5.72. The summed E-state index contributed by atoms with van der Waals surface area (Å²) in [5, 5.41) is 17.4. The lowest BCUT2D eigenvalue weighted by Gasteiger charge is -2.11. The van der Waals surface area contributed by atoms with Crippen LogP contribution < -0.4 is 9.47 Å². The number of tetrazole rings is 1. The Hall–Kier alpha value is -4.22. The van der Waals surface area contributed by atoms with Gasteiger partial charge in [0.1, 0.15) is 28.8 Å². The van der Waals surface area contributed by atoms with Gasteiger partial charge in [0.2, 0.25) is 0 Å². The number of nitrogens with zero attached hydrogens (tertiary/aromatic N) is 4. The van der Waals surface area contributed by atoms with Gasteiger partial charge in [0.15, 0.2) is 0 Å². The zero-order valence-corrected chi connectivity index (χ0v) is 21.1. The van der Waals surface area contributed by atoms with E-state index in [0.29, 0.717) is 18.9 Å². The summed E-state index contributed by atoms with van der Waals surface area (Å²) in [6.45, 7) is 4.37. The van der Waals surface area contributed by atoms with E-state index in [1.54, 1.807) is 18.4 Å².